The molecule has 0 spiro atoms. The quantitative estimate of drug-likeness (QED) is 0.181. The lowest BCUT2D eigenvalue weighted by molar-refractivity contribution is -0.149. The van der Waals surface area contributed by atoms with Gasteiger partial charge in [0.15, 0.2) is 8.32 Å². The van der Waals surface area contributed by atoms with E-state index in [0.29, 0.717) is 12.8 Å². The van der Waals surface area contributed by atoms with Crippen molar-refractivity contribution in [2.24, 2.45) is 11.3 Å². The molecular weight excluding hydrogens is 538 g/mol. The third-order valence-electron chi connectivity index (χ3n) is 8.43. The van der Waals surface area contributed by atoms with Gasteiger partial charge in [0, 0.05) is 31.3 Å². The fourth-order valence-electron chi connectivity index (χ4n) is 5.01. The average Bonchev–Trinajstić information content (AvgIpc) is 3.64. The largest absolute Gasteiger partial charge is 0.466 e. The molecule has 41 heavy (non-hydrogen) atoms. The highest BCUT2D eigenvalue weighted by molar-refractivity contribution is 6.74. The first kappa shape index (κ1) is 34.7. The highest BCUT2D eigenvalue weighted by atomic mass is 28.4. The van der Waals surface area contributed by atoms with E-state index >= 15 is 0 Å². The second-order valence-electron chi connectivity index (χ2n) is 12.9. The number of carbonyl (C=O) groups excluding carboxylic acids is 4. The number of esters is 2. The summed E-state index contributed by atoms with van der Waals surface area (Å²) >= 11 is 0. The van der Waals surface area contributed by atoms with Crippen LogP contribution >= 0.6 is 0 Å². The monoisotopic (exact) mass is 589 g/mol. The van der Waals surface area contributed by atoms with E-state index in [9.17, 15) is 19.2 Å². The summed E-state index contributed by atoms with van der Waals surface area (Å²) in [7, 11) is -2.02. The molecule has 0 radical (unpaired) electrons. The molecule has 9 heteroatoms. The molecule has 1 amide bonds. The zero-order valence-electron chi connectivity index (χ0n) is 26.3. The molecule has 0 aliphatic heterocycles. The summed E-state index contributed by atoms with van der Waals surface area (Å²) in [5.41, 5.74) is 0.508. The van der Waals surface area contributed by atoms with E-state index in [1.807, 2.05) is 37.3 Å². The number of Topliss-reactive ketones (excluding diaryl/α,β-unsaturated/α-hetero) is 1. The van der Waals surface area contributed by atoms with E-state index in [1.165, 1.54) is 0 Å². The lowest BCUT2D eigenvalue weighted by Gasteiger charge is -2.38. The van der Waals surface area contributed by atoms with Crippen molar-refractivity contribution in [1.82, 2.24) is 5.32 Å². The number of nitrogens with one attached hydrogen (secondary N) is 1. The Hall–Kier alpha value is -2.52. The molecule has 1 N–H and O–H groups in total. The van der Waals surface area contributed by atoms with Gasteiger partial charge in [0.25, 0.3) is 0 Å². The Bertz CT molecular complexity index is 1030. The maximum atomic E-state index is 13.9. The molecule has 8 nitrogen and oxygen atoms in total. The molecule has 0 aromatic heterocycles. The maximum Gasteiger partial charge on any atom is 0.328 e. The number of hydrogen-bond donors (Lipinski definition) is 1. The van der Waals surface area contributed by atoms with Crippen LogP contribution in [-0.2, 0) is 39.5 Å². The molecule has 1 aliphatic rings. The van der Waals surface area contributed by atoms with Gasteiger partial charge in [0.1, 0.15) is 11.8 Å². The van der Waals surface area contributed by atoms with Crippen LogP contribution in [-0.4, -0.2) is 57.3 Å². The van der Waals surface area contributed by atoms with Gasteiger partial charge in [0.2, 0.25) is 5.91 Å². The van der Waals surface area contributed by atoms with Crippen molar-refractivity contribution in [2.45, 2.75) is 117 Å². The lowest BCUT2D eigenvalue weighted by Crippen LogP contribution is -2.47. The Morgan fingerprint density at radius 1 is 1.00 bits per heavy atom. The van der Waals surface area contributed by atoms with Crippen LogP contribution in [0.5, 0.6) is 0 Å². The first-order valence-corrected chi connectivity index (χ1v) is 17.9. The van der Waals surface area contributed by atoms with Gasteiger partial charge >= 0.3 is 11.9 Å². The predicted octanol–water partition coefficient (Wildman–Crippen LogP) is 5.78. The Labute approximate surface area is 247 Å². The first-order valence-electron chi connectivity index (χ1n) is 15.0. The van der Waals surface area contributed by atoms with Crippen LogP contribution in [0, 0.1) is 11.3 Å². The molecule has 0 saturated heterocycles. The SMILES string of the molecule is CCOC(=O)CC[C@H](NC(=O)[C@H](Cc1ccccc1)C1(CC(=O)CC(C)O[Si](C)(C)C(C)(C)C)CC1)C(=O)OCC. The fraction of sp³-hybridized carbons (Fsp3) is 0.688. The van der Waals surface area contributed by atoms with Crippen molar-refractivity contribution < 1.29 is 33.1 Å². The summed E-state index contributed by atoms with van der Waals surface area (Å²) in [4.78, 5) is 51.9. The summed E-state index contributed by atoms with van der Waals surface area (Å²) < 4.78 is 16.6. The third kappa shape index (κ3) is 10.7. The molecule has 1 unspecified atom stereocenters. The Kier molecular flexibility index (Phi) is 12.8. The van der Waals surface area contributed by atoms with Crippen LogP contribution < -0.4 is 5.32 Å². The molecule has 1 aromatic carbocycles. The Balaban J connectivity index is 2.21. The molecule has 230 valence electrons. The molecule has 1 fully saturated rings. The third-order valence-corrected chi connectivity index (χ3v) is 13.0. The van der Waals surface area contributed by atoms with E-state index in [2.05, 4.69) is 39.2 Å². The number of hydrogen-bond acceptors (Lipinski definition) is 7. The summed E-state index contributed by atoms with van der Waals surface area (Å²) in [6, 6.07) is 8.74. The molecule has 0 heterocycles. The fourth-order valence-corrected chi connectivity index (χ4v) is 6.46. The summed E-state index contributed by atoms with van der Waals surface area (Å²) in [6.07, 6.45) is 2.42. The number of rotatable bonds is 17. The van der Waals surface area contributed by atoms with Crippen LogP contribution in [0.4, 0.5) is 0 Å². The van der Waals surface area contributed by atoms with Gasteiger partial charge in [-0.15, -0.1) is 0 Å². The molecule has 0 bridgehead atoms. The van der Waals surface area contributed by atoms with E-state index in [0.717, 1.165) is 18.4 Å². The topological polar surface area (TPSA) is 108 Å². The van der Waals surface area contributed by atoms with E-state index in [4.69, 9.17) is 13.9 Å². The standard InChI is InChI=1S/C32H51NO7Si/c1-9-38-28(35)17-16-27(30(37)39-10-2)33-29(36)26(21-24-14-12-11-13-15-24)32(18-19-32)22-25(34)20-23(3)40-41(7,8)31(4,5)6/h11-15,23,26-27H,9-10,16-22H2,1-8H3,(H,33,36)/t23?,26-,27-/m0/s1. The molecule has 1 aliphatic carbocycles. The van der Waals surface area contributed by atoms with Gasteiger partial charge in [0.05, 0.1) is 13.2 Å². The van der Waals surface area contributed by atoms with Crippen molar-refractivity contribution in [3.05, 3.63) is 35.9 Å². The van der Waals surface area contributed by atoms with Crippen molar-refractivity contribution in [3.8, 4) is 0 Å². The minimum atomic E-state index is -2.02. The first-order chi connectivity index (χ1) is 19.1. The Morgan fingerprint density at radius 2 is 1.61 bits per heavy atom. The number of carbonyl (C=O) groups is 4. The van der Waals surface area contributed by atoms with Crippen LogP contribution in [0.25, 0.3) is 0 Å². The number of benzene rings is 1. The van der Waals surface area contributed by atoms with Crippen molar-refractivity contribution >= 4 is 31.9 Å². The highest BCUT2D eigenvalue weighted by Crippen LogP contribution is 2.56. The van der Waals surface area contributed by atoms with Crippen LogP contribution in [0.15, 0.2) is 30.3 Å². The zero-order chi connectivity index (χ0) is 30.8. The van der Waals surface area contributed by atoms with Gasteiger partial charge in [-0.3, -0.25) is 14.4 Å². The van der Waals surface area contributed by atoms with Crippen LogP contribution in [0.2, 0.25) is 18.1 Å². The Morgan fingerprint density at radius 3 is 2.15 bits per heavy atom. The number of ketones is 1. The molecule has 3 atom stereocenters. The maximum absolute atomic E-state index is 13.9. The molecule has 2 rings (SSSR count). The average molecular weight is 590 g/mol. The molecule has 1 saturated carbocycles. The van der Waals surface area contributed by atoms with Crippen LogP contribution in [0.1, 0.15) is 85.6 Å². The van der Waals surface area contributed by atoms with E-state index in [-0.39, 0.29) is 55.3 Å². The van der Waals surface area contributed by atoms with Crippen molar-refractivity contribution in [1.29, 1.82) is 0 Å². The smallest absolute Gasteiger partial charge is 0.328 e. The minimum Gasteiger partial charge on any atom is -0.466 e. The van der Waals surface area contributed by atoms with Gasteiger partial charge in [-0.25, -0.2) is 4.79 Å². The number of ether oxygens (including phenoxy) is 2. The van der Waals surface area contributed by atoms with Crippen molar-refractivity contribution in [2.75, 3.05) is 13.2 Å². The summed E-state index contributed by atoms with van der Waals surface area (Å²) in [6.45, 7) is 16.7. The van der Waals surface area contributed by atoms with Gasteiger partial charge in [-0.2, -0.15) is 0 Å². The molecular formula is C32H51NO7Si. The van der Waals surface area contributed by atoms with Crippen molar-refractivity contribution in [3.63, 3.8) is 0 Å². The van der Waals surface area contributed by atoms with Gasteiger partial charge in [-0.05, 0) is 75.6 Å². The normalized spacial score (nSPS) is 16.7. The zero-order valence-corrected chi connectivity index (χ0v) is 27.3. The van der Waals surface area contributed by atoms with Gasteiger partial charge in [-0.1, -0.05) is 51.1 Å². The summed E-state index contributed by atoms with van der Waals surface area (Å²) in [5, 5.41) is 2.92. The van der Waals surface area contributed by atoms with E-state index < -0.39 is 37.6 Å². The molecule has 1 aromatic rings. The minimum absolute atomic E-state index is 0.0172. The number of amides is 1. The van der Waals surface area contributed by atoms with Crippen LogP contribution in [0.3, 0.4) is 0 Å². The lowest BCUT2D eigenvalue weighted by atomic mass is 9.79. The highest BCUT2D eigenvalue weighted by Gasteiger charge is 2.53. The van der Waals surface area contributed by atoms with E-state index in [1.54, 1.807) is 13.8 Å². The second-order valence-corrected chi connectivity index (χ2v) is 17.6. The second kappa shape index (κ2) is 15.1. The predicted molar refractivity (Wildman–Crippen MR) is 162 cm³/mol. The summed E-state index contributed by atoms with van der Waals surface area (Å²) in [5.74, 6) is -1.74. The van der Waals surface area contributed by atoms with Gasteiger partial charge < -0.3 is 19.2 Å².